The Morgan fingerprint density at radius 3 is 2.68 bits per heavy atom. The van der Waals surface area contributed by atoms with Crippen molar-refractivity contribution in [3.63, 3.8) is 0 Å². The molecule has 0 aromatic carbocycles. The number of rotatable bonds is 7. The highest BCUT2D eigenvalue weighted by atomic mass is 16.5. The van der Waals surface area contributed by atoms with Gasteiger partial charge in [0.25, 0.3) is 0 Å². The second-order valence-corrected chi connectivity index (χ2v) is 5.54. The average Bonchev–Trinajstić information content (AvgIpc) is 3.01. The summed E-state index contributed by atoms with van der Waals surface area (Å²) in [5.41, 5.74) is 1.22. The summed E-state index contributed by atoms with van der Waals surface area (Å²) < 4.78 is 8.09. The Bertz CT molecular complexity index is 382. The van der Waals surface area contributed by atoms with E-state index in [1.807, 2.05) is 17.9 Å². The fourth-order valence-corrected chi connectivity index (χ4v) is 3.26. The van der Waals surface area contributed by atoms with Crippen molar-refractivity contribution >= 4 is 0 Å². The molecule has 0 aliphatic heterocycles. The molecule has 1 aliphatic rings. The molecular formula is C15H27N3O. The molecule has 0 saturated heterocycles. The number of ether oxygens (including phenoxy) is 1. The van der Waals surface area contributed by atoms with Crippen LogP contribution in [0.1, 0.15) is 57.6 Å². The molecule has 0 bridgehead atoms. The first-order chi connectivity index (χ1) is 9.22. The van der Waals surface area contributed by atoms with Crippen molar-refractivity contribution in [1.29, 1.82) is 0 Å². The molecule has 1 unspecified atom stereocenters. The molecule has 0 radical (unpaired) electrons. The Morgan fingerprint density at radius 1 is 1.42 bits per heavy atom. The Hall–Kier alpha value is -0.870. The fourth-order valence-electron chi connectivity index (χ4n) is 3.26. The van der Waals surface area contributed by atoms with Gasteiger partial charge < -0.3 is 10.1 Å². The predicted octanol–water partition coefficient (Wildman–Crippen LogP) is 2.81. The van der Waals surface area contributed by atoms with Crippen molar-refractivity contribution in [2.75, 3.05) is 13.2 Å². The summed E-state index contributed by atoms with van der Waals surface area (Å²) in [6, 6.07) is 0.267. The molecule has 1 N–H and O–H groups in total. The van der Waals surface area contributed by atoms with Crippen LogP contribution in [-0.2, 0) is 11.8 Å². The molecule has 0 amide bonds. The molecule has 1 aromatic heterocycles. The van der Waals surface area contributed by atoms with E-state index >= 15 is 0 Å². The van der Waals surface area contributed by atoms with Crippen molar-refractivity contribution in [3.8, 4) is 0 Å². The van der Waals surface area contributed by atoms with Gasteiger partial charge in [0.2, 0.25) is 0 Å². The summed E-state index contributed by atoms with van der Waals surface area (Å²) in [5.74, 6) is 0. The minimum atomic E-state index is -0.0348. The van der Waals surface area contributed by atoms with Gasteiger partial charge in [-0.15, -0.1) is 0 Å². The lowest BCUT2D eigenvalue weighted by Gasteiger charge is -2.37. The summed E-state index contributed by atoms with van der Waals surface area (Å²) in [7, 11) is 1.97. The molecule has 1 aromatic rings. The highest BCUT2D eigenvalue weighted by molar-refractivity contribution is 5.17. The third kappa shape index (κ3) is 3.18. The molecule has 0 spiro atoms. The largest absolute Gasteiger partial charge is 0.373 e. The van der Waals surface area contributed by atoms with E-state index < -0.39 is 0 Å². The van der Waals surface area contributed by atoms with Crippen molar-refractivity contribution in [1.82, 2.24) is 15.1 Å². The minimum Gasteiger partial charge on any atom is -0.373 e. The van der Waals surface area contributed by atoms with Crippen LogP contribution < -0.4 is 5.32 Å². The van der Waals surface area contributed by atoms with Crippen LogP contribution >= 0.6 is 0 Å². The number of nitrogens with zero attached hydrogens (tertiary/aromatic N) is 2. The lowest BCUT2D eigenvalue weighted by atomic mass is 9.88. The summed E-state index contributed by atoms with van der Waals surface area (Å²) in [6.45, 7) is 6.11. The van der Waals surface area contributed by atoms with Crippen molar-refractivity contribution in [2.45, 2.75) is 57.6 Å². The van der Waals surface area contributed by atoms with Crippen LogP contribution in [0.15, 0.2) is 12.4 Å². The van der Waals surface area contributed by atoms with Crippen LogP contribution in [0.5, 0.6) is 0 Å². The second-order valence-electron chi connectivity index (χ2n) is 5.54. The van der Waals surface area contributed by atoms with E-state index in [0.29, 0.717) is 0 Å². The number of aryl methyl sites for hydroxylation is 1. The highest BCUT2D eigenvalue weighted by Gasteiger charge is 2.43. The maximum Gasteiger partial charge on any atom is 0.0877 e. The Labute approximate surface area is 116 Å². The highest BCUT2D eigenvalue weighted by Crippen LogP contribution is 2.42. The van der Waals surface area contributed by atoms with E-state index in [9.17, 15) is 0 Å². The molecule has 1 aliphatic carbocycles. The Kier molecular flexibility index (Phi) is 4.99. The molecule has 4 nitrogen and oxygen atoms in total. The van der Waals surface area contributed by atoms with E-state index in [1.165, 1.54) is 18.4 Å². The summed E-state index contributed by atoms with van der Waals surface area (Å²) >= 11 is 0. The molecule has 1 atom stereocenters. The number of hydrogen-bond donors (Lipinski definition) is 1. The maximum absolute atomic E-state index is 6.21. The molecule has 1 heterocycles. The minimum absolute atomic E-state index is 0.0348. The van der Waals surface area contributed by atoms with Crippen LogP contribution in [0.4, 0.5) is 0 Å². The van der Waals surface area contributed by atoms with Crippen molar-refractivity contribution in [3.05, 3.63) is 18.0 Å². The van der Waals surface area contributed by atoms with Crippen molar-refractivity contribution in [2.24, 2.45) is 7.05 Å². The SMILES string of the molecule is CCCNC(c1cnn(C)c1)C1(OCC)CCCC1. The molecule has 2 rings (SSSR count). The second kappa shape index (κ2) is 6.53. The standard InChI is InChI=1S/C15H27N3O/c1-4-10-16-14(13-11-17-18(3)12-13)15(19-5-2)8-6-7-9-15/h11-12,14,16H,4-10H2,1-3H3. The third-order valence-electron chi connectivity index (χ3n) is 4.06. The third-order valence-corrected chi connectivity index (χ3v) is 4.06. The normalized spacial score (nSPS) is 19.7. The van der Waals surface area contributed by atoms with Gasteiger partial charge in [0.15, 0.2) is 0 Å². The summed E-state index contributed by atoms with van der Waals surface area (Å²) in [4.78, 5) is 0. The number of hydrogen-bond acceptors (Lipinski definition) is 3. The average molecular weight is 265 g/mol. The molecule has 4 heteroatoms. The number of nitrogens with one attached hydrogen (secondary N) is 1. The molecule has 1 fully saturated rings. The smallest absolute Gasteiger partial charge is 0.0877 e. The van der Waals surface area contributed by atoms with Crippen LogP contribution in [0.25, 0.3) is 0 Å². The Balaban J connectivity index is 2.24. The van der Waals surface area contributed by atoms with E-state index in [0.717, 1.165) is 32.4 Å². The van der Waals surface area contributed by atoms with Gasteiger partial charge in [-0.2, -0.15) is 5.10 Å². The van der Waals surface area contributed by atoms with Gasteiger partial charge in [0, 0.05) is 25.4 Å². The Morgan fingerprint density at radius 2 is 2.16 bits per heavy atom. The first kappa shape index (κ1) is 14.5. The van der Waals surface area contributed by atoms with Gasteiger partial charge in [-0.1, -0.05) is 19.8 Å². The maximum atomic E-state index is 6.21. The van der Waals surface area contributed by atoms with E-state index in [1.54, 1.807) is 0 Å². The zero-order chi connectivity index (χ0) is 13.7. The quantitative estimate of drug-likeness (QED) is 0.824. The zero-order valence-corrected chi connectivity index (χ0v) is 12.5. The van der Waals surface area contributed by atoms with Crippen LogP contribution in [0.3, 0.4) is 0 Å². The van der Waals surface area contributed by atoms with Gasteiger partial charge in [-0.05, 0) is 32.7 Å². The topological polar surface area (TPSA) is 39.1 Å². The first-order valence-electron chi connectivity index (χ1n) is 7.57. The molecule has 1 saturated carbocycles. The summed E-state index contributed by atoms with van der Waals surface area (Å²) in [5, 5.41) is 8.02. The van der Waals surface area contributed by atoms with E-state index in [4.69, 9.17) is 4.74 Å². The van der Waals surface area contributed by atoms with Crippen LogP contribution in [-0.4, -0.2) is 28.5 Å². The summed E-state index contributed by atoms with van der Waals surface area (Å²) in [6.07, 6.45) is 10.1. The molecule has 108 valence electrons. The van der Waals surface area contributed by atoms with Crippen LogP contribution in [0.2, 0.25) is 0 Å². The van der Waals surface area contributed by atoms with Gasteiger partial charge in [0.05, 0.1) is 17.8 Å². The van der Waals surface area contributed by atoms with Gasteiger partial charge >= 0.3 is 0 Å². The fraction of sp³-hybridized carbons (Fsp3) is 0.800. The first-order valence-corrected chi connectivity index (χ1v) is 7.57. The van der Waals surface area contributed by atoms with E-state index in [-0.39, 0.29) is 11.6 Å². The predicted molar refractivity (Wildman–Crippen MR) is 77.1 cm³/mol. The van der Waals surface area contributed by atoms with Gasteiger partial charge in [-0.3, -0.25) is 4.68 Å². The lowest BCUT2D eigenvalue weighted by molar-refractivity contribution is -0.0626. The monoisotopic (exact) mass is 265 g/mol. The molecule has 19 heavy (non-hydrogen) atoms. The van der Waals surface area contributed by atoms with Crippen LogP contribution in [0, 0.1) is 0 Å². The van der Waals surface area contributed by atoms with Crippen molar-refractivity contribution < 1.29 is 4.74 Å². The lowest BCUT2D eigenvalue weighted by Crippen LogP contribution is -2.44. The zero-order valence-electron chi connectivity index (χ0n) is 12.5. The molecular weight excluding hydrogens is 238 g/mol. The van der Waals surface area contributed by atoms with E-state index in [2.05, 4.69) is 30.5 Å². The number of aromatic nitrogens is 2. The van der Waals surface area contributed by atoms with Gasteiger partial charge in [-0.25, -0.2) is 0 Å². The van der Waals surface area contributed by atoms with Gasteiger partial charge in [0.1, 0.15) is 0 Å².